The molecule has 9 heteroatoms. The fourth-order valence-corrected chi connectivity index (χ4v) is 9.32. The number of cyclic esters (lactones) is 1. The van der Waals surface area contributed by atoms with Gasteiger partial charge in [0.1, 0.15) is 11.9 Å². The molecule has 0 radical (unpaired) electrons. The Kier molecular flexibility index (Phi) is 14.5. The Bertz CT molecular complexity index is 1310. The van der Waals surface area contributed by atoms with Crippen molar-refractivity contribution >= 4 is 45.8 Å². The summed E-state index contributed by atoms with van der Waals surface area (Å²) in [4.78, 5) is 33.4. The topological polar surface area (TPSA) is 74.7 Å². The molecule has 1 aliphatic rings. The summed E-state index contributed by atoms with van der Waals surface area (Å²) in [5.41, 5.74) is 2.15. The van der Waals surface area contributed by atoms with Gasteiger partial charge in [0.05, 0.1) is 29.3 Å². The third-order valence-corrected chi connectivity index (χ3v) is 21.2. The maximum atomic E-state index is 14.8. The van der Waals surface area contributed by atoms with Gasteiger partial charge in [-0.1, -0.05) is 80.9 Å². The number of hydrogen-bond acceptors (Lipinski definition) is 7. The number of hydrogen-bond donors (Lipinski definition) is 0. The molecule has 0 fully saturated rings. The van der Waals surface area contributed by atoms with Crippen molar-refractivity contribution in [3.63, 3.8) is 0 Å². The maximum absolute atomic E-state index is 14.8. The SMILES string of the molecule is CC1=CCC(C(C)=Cc2csc(C)n2)OC(=O)CC(O[Si](C)(C)C(C)(C)C)C(C)(C)C(=O)C(C)C(O[Si](C)(C)C(C)(C)C)C(C)CCC1. The van der Waals surface area contributed by atoms with Gasteiger partial charge in [0.2, 0.25) is 0 Å². The number of carbonyl (C=O) groups excluding carboxylic acids is 2. The maximum Gasteiger partial charge on any atom is 0.309 e. The second-order valence-electron chi connectivity index (χ2n) is 18.1. The number of ketones is 1. The van der Waals surface area contributed by atoms with E-state index in [1.807, 2.05) is 46.1 Å². The molecular weight excluding hydrogens is 651 g/mol. The Morgan fingerprint density at radius 2 is 1.56 bits per heavy atom. The van der Waals surface area contributed by atoms with Gasteiger partial charge in [0, 0.05) is 23.1 Å². The van der Waals surface area contributed by atoms with E-state index in [4.69, 9.17) is 13.6 Å². The number of nitrogens with zero attached hydrogens (tertiary/aromatic N) is 1. The summed E-state index contributed by atoms with van der Waals surface area (Å²) >= 11 is 1.61. The number of esters is 1. The van der Waals surface area contributed by atoms with Crippen LogP contribution in [0.3, 0.4) is 0 Å². The molecule has 0 saturated heterocycles. The van der Waals surface area contributed by atoms with Crippen molar-refractivity contribution in [2.75, 3.05) is 0 Å². The van der Waals surface area contributed by atoms with E-state index in [0.29, 0.717) is 6.42 Å². The summed E-state index contributed by atoms with van der Waals surface area (Å²) in [5, 5.41) is 2.94. The predicted octanol–water partition coefficient (Wildman–Crippen LogP) is 11.3. The van der Waals surface area contributed by atoms with E-state index < -0.39 is 34.3 Å². The summed E-state index contributed by atoms with van der Waals surface area (Å²) in [6, 6.07) is 0. The zero-order valence-corrected chi connectivity index (χ0v) is 36.4. The molecule has 5 unspecified atom stereocenters. The van der Waals surface area contributed by atoms with Crippen molar-refractivity contribution in [1.29, 1.82) is 0 Å². The minimum Gasteiger partial charge on any atom is -0.457 e. The smallest absolute Gasteiger partial charge is 0.309 e. The first-order valence-electron chi connectivity index (χ1n) is 18.0. The number of aromatic nitrogens is 1. The first kappa shape index (κ1) is 42.8. The van der Waals surface area contributed by atoms with Crippen LogP contribution >= 0.6 is 11.3 Å². The van der Waals surface area contributed by atoms with Crippen LogP contribution in [0.2, 0.25) is 36.3 Å². The van der Waals surface area contributed by atoms with E-state index in [-0.39, 0.29) is 46.2 Å². The Hall–Kier alpha value is -1.40. The van der Waals surface area contributed by atoms with E-state index >= 15 is 0 Å². The molecular formula is C39H69NO5SSi2. The molecule has 0 bridgehead atoms. The van der Waals surface area contributed by atoms with Crippen molar-refractivity contribution < 1.29 is 23.2 Å². The molecule has 0 N–H and O–H groups in total. The van der Waals surface area contributed by atoms with Gasteiger partial charge in [-0.05, 0) is 93.9 Å². The standard InChI is InChI=1S/C39H69NO5SSi2/c1-26-19-18-20-27(2)35(45-48(16,17)38(9,10)11)29(4)36(42)39(12,13)33(44-47(14,15)37(6,7)8)24-34(41)43-32(22-21-26)28(3)23-31-25-46-30(5)40-31/h21,23,25,27,29,32-33,35H,18-20,22,24H2,1-17H3. The summed E-state index contributed by atoms with van der Waals surface area (Å²) in [7, 11) is -4.58. The third-order valence-electron chi connectivity index (χ3n) is 11.4. The number of carbonyl (C=O) groups is 2. The zero-order chi connectivity index (χ0) is 37.0. The van der Waals surface area contributed by atoms with Gasteiger partial charge in [-0.25, -0.2) is 4.98 Å². The highest BCUT2D eigenvalue weighted by atomic mass is 32.1. The highest BCUT2D eigenvalue weighted by Crippen LogP contribution is 2.44. The molecule has 2 rings (SSSR count). The summed E-state index contributed by atoms with van der Waals surface area (Å²) in [6.45, 7) is 36.6. The van der Waals surface area contributed by atoms with Crippen molar-refractivity contribution in [1.82, 2.24) is 4.98 Å². The number of aryl methyl sites for hydroxylation is 1. The molecule has 1 aromatic rings. The molecule has 1 aliphatic heterocycles. The van der Waals surface area contributed by atoms with Crippen LogP contribution in [0.4, 0.5) is 0 Å². The Morgan fingerprint density at radius 1 is 1.00 bits per heavy atom. The van der Waals surface area contributed by atoms with Crippen LogP contribution in [0.15, 0.2) is 22.6 Å². The number of ether oxygens (including phenoxy) is 1. The molecule has 5 atom stereocenters. The van der Waals surface area contributed by atoms with E-state index in [2.05, 4.69) is 92.6 Å². The largest absolute Gasteiger partial charge is 0.457 e. The zero-order valence-electron chi connectivity index (χ0n) is 33.6. The first-order chi connectivity index (χ1) is 21.7. The van der Waals surface area contributed by atoms with E-state index in [1.54, 1.807) is 11.3 Å². The lowest BCUT2D eigenvalue weighted by Crippen LogP contribution is -2.54. The normalized spacial score (nSPS) is 26.6. The first-order valence-corrected chi connectivity index (χ1v) is 24.7. The van der Waals surface area contributed by atoms with Crippen molar-refractivity contribution in [2.45, 2.75) is 177 Å². The van der Waals surface area contributed by atoms with E-state index in [0.717, 1.165) is 35.5 Å². The Balaban J connectivity index is 2.66. The molecule has 0 saturated carbocycles. The summed E-state index contributed by atoms with van der Waals surface area (Å²) in [6.07, 6.45) is 6.45. The van der Waals surface area contributed by atoms with Gasteiger partial charge < -0.3 is 13.6 Å². The van der Waals surface area contributed by atoms with E-state index in [1.165, 1.54) is 5.57 Å². The Morgan fingerprint density at radius 3 is 2.08 bits per heavy atom. The van der Waals surface area contributed by atoms with Crippen molar-refractivity contribution in [3.8, 4) is 0 Å². The average molecular weight is 720 g/mol. The summed E-state index contributed by atoms with van der Waals surface area (Å²) in [5.74, 6) is -0.433. The molecule has 0 aliphatic carbocycles. The summed E-state index contributed by atoms with van der Waals surface area (Å²) < 4.78 is 20.5. The second kappa shape index (κ2) is 16.3. The van der Waals surface area contributed by atoms with Crippen LogP contribution in [0.5, 0.6) is 0 Å². The second-order valence-corrected chi connectivity index (χ2v) is 28.7. The average Bonchev–Trinajstić information content (AvgIpc) is 3.34. The van der Waals surface area contributed by atoms with Gasteiger partial charge in [-0.3, -0.25) is 9.59 Å². The number of allylic oxidation sites excluding steroid dienone is 1. The molecule has 48 heavy (non-hydrogen) atoms. The molecule has 2 heterocycles. The fraction of sp³-hybridized carbons (Fsp3) is 0.769. The quantitative estimate of drug-likeness (QED) is 0.165. The number of Topliss-reactive ketones (excluding diaryl/α,β-unsaturated/α-hetero) is 1. The van der Waals surface area contributed by atoms with Crippen LogP contribution in [-0.2, 0) is 23.2 Å². The third kappa shape index (κ3) is 11.3. The van der Waals surface area contributed by atoms with Gasteiger partial charge in [-0.2, -0.15) is 0 Å². The highest BCUT2D eigenvalue weighted by Gasteiger charge is 2.50. The van der Waals surface area contributed by atoms with Crippen LogP contribution in [0.1, 0.15) is 126 Å². The Labute approximate surface area is 300 Å². The lowest BCUT2D eigenvalue weighted by Gasteiger charge is -2.46. The molecule has 274 valence electrons. The fourth-order valence-electron chi connectivity index (χ4n) is 5.83. The van der Waals surface area contributed by atoms with Crippen LogP contribution < -0.4 is 0 Å². The minimum atomic E-state index is -2.39. The molecule has 0 amide bonds. The predicted molar refractivity (Wildman–Crippen MR) is 208 cm³/mol. The van der Waals surface area contributed by atoms with Gasteiger partial charge in [0.25, 0.3) is 0 Å². The molecule has 1 aromatic heterocycles. The van der Waals surface area contributed by atoms with Gasteiger partial charge in [-0.15, -0.1) is 11.3 Å². The lowest BCUT2D eigenvalue weighted by molar-refractivity contribution is -0.153. The number of thiazole rings is 1. The molecule has 0 aromatic carbocycles. The number of rotatable bonds is 6. The minimum absolute atomic E-state index is 0.00354. The van der Waals surface area contributed by atoms with Gasteiger partial charge >= 0.3 is 5.97 Å². The highest BCUT2D eigenvalue weighted by molar-refractivity contribution is 7.09. The molecule has 6 nitrogen and oxygen atoms in total. The van der Waals surface area contributed by atoms with Crippen molar-refractivity contribution in [2.24, 2.45) is 17.3 Å². The van der Waals surface area contributed by atoms with Crippen LogP contribution in [0.25, 0.3) is 6.08 Å². The van der Waals surface area contributed by atoms with Gasteiger partial charge in [0.15, 0.2) is 16.6 Å². The van der Waals surface area contributed by atoms with E-state index in [9.17, 15) is 9.59 Å². The van der Waals surface area contributed by atoms with Crippen molar-refractivity contribution in [3.05, 3.63) is 33.3 Å². The monoisotopic (exact) mass is 719 g/mol. The van der Waals surface area contributed by atoms with Crippen LogP contribution in [-0.4, -0.2) is 51.7 Å². The molecule has 0 spiro atoms. The lowest BCUT2D eigenvalue weighted by atomic mass is 9.73. The van der Waals surface area contributed by atoms with Crippen LogP contribution in [0, 0.1) is 24.2 Å².